The predicted molar refractivity (Wildman–Crippen MR) is 94.9 cm³/mol. The molecule has 2 aliphatic heterocycles. The zero-order valence-corrected chi connectivity index (χ0v) is 15.4. The van der Waals surface area contributed by atoms with Gasteiger partial charge in [0.1, 0.15) is 11.4 Å². The van der Waals surface area contributed by atoms with E-state index in [0.29, 0.717) is 45.7 Å². The molecule has 1 N–H and O–H groups in total. The lowest BCUT2D eigenvalue weighted by molar-refractivity contribution is -0.181. The van der Waals surface area contributed by atoms with Crippen LogP contribution in [0.5, 0.6) is 0 Å². The van der Waals surface area contributed by atoms with Gasteiger partial charge in [0.2, 0.25) is 0 Å². The van der Waals surface area contributed by atoms with Crippen LogP contribution in [0.2, 0.25) is 0 Å². The number of hydrogen-bond acceptors (Lipinski definition) is 6. The van der Waals surface area contributed by atoms with Gasteiger partial charge in [0.25, 0.3) is 11.8 Å². The summed E-state index contributed by atoms with van der Waals surface area (Å²) in [7, 11) is 3.88. The molecule has 0 radical (unpaired) electrons. The van der Waals surface area contributed by atoms with Gasteiger partial charge in [-0.15, -0.1) is 0 Å². The Bertz CT molecular complexity index is 648. The summed E-state index contributed by atoms with van der Waals surface area (Å²) in [5.74, 6) is -0.953. The summed E-state index contributed by atoms with van der Waals surface area (Å²) in [6, 6.07) is 4.95. The van der Waals surface area contributed by atoms with E-state index in [4.69, 9.17) is 9.47 Å². The predicted octanol–water partition coefficient (Wildman–Crippen LogP) is 0.352. The minimum absolute atomic E-state index is 0.166. The van der Waals surface area contributed by atoms with Gasteiger partial charge in [0.05, 0.1) is 13.2 Å². The lowest BCUT2D eigenvalue weighted by Crippen LogP contribution is -2.47. The van der Waals surface area contributed by atoms with Crippen LogP contribution in [0.15, 0.2) is 18.2 Å². The van der Waals surface area contributed by atoms with E-state index in [-0.39, 0.29) is 23.2 Å². The number of likely N-dealkylation sites (tertiary alicyclic amines) is 1. The van der Waals surface area contributed by atoms with Crippen molar-refractivity contribution in [3.63, 3.8) is 0 Å². The topological polar surface area (TPSA) is 84.0 Å². The van der Waals surface area contributed by atoms with Gasteiger partial charge in [0, 0.05) is 39.0 Å². The lowest BCUT2D eigenvalue weighted by atomic mass is 10.0. The molecule has 0 aromatic carbocycles. The van der Waals surface area contributed by atoms with E-state index >= 15 is 0 Å². The molecule has 2 aliphatic rings. The Hall–Kier alpha value is -2.03. The van der Waals surface area contributed by atoms with Crippen molar-refractivity contribution in [3.05, 3.63) is 29.6 Å². The fraction of sp³-hybridized carbons (Fsp3) is 0.611. The minimum atomic E-state index is -0.515. The molecule has 0 unspecified atom stereocenters. The van der Waals surface area contributed by atoms with Crippen molar-refractivity contribution in [3.8, 4) is 0 Å². The van der Waals surface area contributed by atoms with Crippen molar-refractivity contribution in [1.82, 2.24) is 20.1 Å². The van der Waals surface area contributed by atoms with Gasteiger partial charge < -0.3 is 24.6 Å². The van der Waals surface area contributed by atoms with E-state index in [1.165, 1.54) is 0 Å². The normalized spacial score (nSPS) is 19.1. The van der Waals surface area contributed by atoms with E-state index in [2.05, 4.69) is 10.3 Å². The highest BCUT2D eigenvalue weighted by Gasteiger charge is 2.41. The molecule has 0 bridgehead atoms. The van der Waals surface area contributed by atoms with Crippen molar-refractivity contribution in [1.29, 1.82) is 0 Å². The van der Waals surface area contributed by atoms with E-state index in [1.807, 2.05) is 19.0 Å². The van der Waals surface area contributed by atoms with Gasteiger partial charge in [-0.2, -0.15) is 0 Å². The first-order valence-corrected chi connectivity index (χ1v) is 8.96. The largest absolute Gasteiger partial charge is 0.349 e. The number of carbonyl (C=O) groups excluding carboxylic acids is 2. The van der Waals surface area contributed by atoms with Crippen LogP contribution in [0.3, 0.4) is 0 Å². The number of likely N-dealkylation sites (N-methyl/N-ethyl adjacent to an activating group) is 1. The second-order valence-electron chi connectivity index (χ2n) is 6.87. The maximum absolute atomic E-state index is 12.7. The Morgan fingerprint density at radius 1 is 1.19 bits per heavy atom. The average molecular weight is 362 g/mol. The summed E-state index contributed by atoms with van der Waals surface area (Å²) in [6.45, 7) is 3.60. The number of nitrogens with one attached hydrogen (secondary N) is 1. The molecular weight excluding hydrogens is 336 g/mol. The molecular formula is C18H26N4O4. The summed E-state index contributed by atoms with van der Waals surface area (Å²) in [5, 5.41) is 2.81. The van der Waals surface area contributed by atoms with Gasteiger partial charge >= 0.3 is 0 Å². The maximum Gasteiger partial charge on any atom is 0.272 e. The van der Waals surface area contributed by atoms with Crippen LogP contribution in [0.4, 0.5) is 0 Å². The Balaban J connectivity index is 1.59. The molecule has 0 atom stereocenters. The van der Waals surface area contributed by atoms with Crippen LogP contribution in [-0.4, -0.2) is 85.9 Å². The third kappa shape index (κ3) is 4.38. The average Bonchev–Trinajstić information content (AvgIpc) is 3.09. The molecule has 8 heteroatoms. The molecule has 1 aromatic heterocycles. The number of hydrogen-bond donors (Lipinski definition) is 1. The van der Waals surface area contributed by atoms with Crippen molar-refractivity contribution in [2.24, 2.45) is 0 Å². The minimum Gasteiger partial charge on any atom is -0.349 e. The molecule has 8 nitrogen and oxygen atoms in total. The van der Waals surface area contributed by atoms with E-state index in [1.54, 1.807) is 23.1 Å². The Kier molecular flexibility index (Phi) is 5.85. The van der Waals surface area contributed by atoms with Crippen LogP contribution >= 0.6 is 0 Å². The zero-order chi connectivity index (χ0) is 18.6. The van der Waals surface area contributed by atoms with Crippen molar-refractivity contribution in [2.45, 2.75) is 18.6 Å². The SMILES string of the molecule is CN(C)CCNC(=O)c1cccc(C(=O)N2CCC3(CC2)OCCO3)n1. The molecule has 0 saturated carbocycles. The van der Waals surface area contributed by atoms with Crippen molar-refractivity contribution < 1.29 is 19.1 Å². The number of pyridine rings is 1. The fourth-order valence-corrected chi connectivity index (χ4v) is 3.16. The first-order chi connectivity index (χ1) is 12.5. The van der Waals surface area contributed by atoms with E-state index < -0.39 is 5.79 Å². The molecule has 3 rings (SSSR count). The number of aromatic nitrogens is 1. The van der Waals surface area contributed by atoms with Crippen LogP contribution < -0.4 is 5.32 Å². The highest BCUT2D eigenvalue weighted by molar-refractivity contribution is 5.96. The van der Waals surface area contributed by atoms with Crippen LogP contribution in [0.25, 0.3) is 0 Å². The van der Waals surface area contributed by atoms with Gasteiger partial charge in [0.15, 0.2) is 5.79 Å². The van der Waals surface area contributed by atoms with Crippen molar-refractivity contribution in [2.75, 3.05) is 53.5 Å². The Morgan fingerprint density at radius 2 is 1.85 bits per heavy atom. The monoisotopic (exact) mass is 362 g/mol. The van der Waals surface area contributed by atoms with Crippen LogP contribution in [0, 0.1) is 0 Å². The standard InChI is InChI=1S/C18H26N4O4/c1-21(2)11-8-19-16(23)14-4-3-5-15(20-14)17(24)22-9-6-18(7-10-22)25-12-13-26-18/h3-5H,6-13H2,1-2H3,(H,19,23). The summed E-state index contributed by atoms with van der Waals surface area (Å²) in [4.78, 5) is 32.9. The Labute approximate surface area is 153 Å². The van der Waals surface area contributed by atoms with Gasteiger partial charge in [-0.3, -0.25) is 9.59 Å². The third-order valence-electron chi connectivity index (χ3n) is 4.67. The van der Waals surface area contributed by atoms with Gasteiger partial charge in [-0.1, -0.05) is 6.07 Å². The molecule has 26 heavy (non-hydrogen) atoms. The first kappa shape index (κ1) is 18.8. The molecule has 2 fully saturated rings. The van der Waals surface area contributed by atoms with E-state index in [9.17, 15) is 9.59 Å². The van der Waals surface area contributed by atoms with Crippen molar-refractivity contribution >= 4 is 11.8 Å². The number of carbonyl (C=O) groups is 2. The number of piperidine rings is 1. The molecule has 1 spiro atoms. The molecule has 2 amide bonds. The summed E-state index contributed by atoms with van der Waals surface area (Å²) < 4.78 is 11.4. The number of amides is 2. The van der Waals surface area contributed by atoms with E-state index in [0.717, 1.165) is 6.54 Å². The van der Waals surface area contributed by atoms with Gasteiger partial charge in [-0.05, 0) is 26.2 Å². The molecule has 0 aliphatic carbocycles. The maximum atomic E-state index is 12.7. The zero-order valence-electron chi connectivity index (χ0n) is 15.4. The second-order valence-corrected chi connectivity index (χ2v) is 6.87. The molecule has 3 heterocycles. The smallest absolute Gasteiger partial charge is 0.272 e. The number of nitrogens with zero attached hydrogens (tertiary/aromatic N) is 3. The second kappa shape index (κ2) is 8.11. The molecule has 142 valence electrons. The molecule has 2 saturated heterocycles. The fourth-order valence-electron chi connectivity index (χ4n) is 3.16. The highest BCUT2D eigenvalue weighted by atomic mass is 16.7. The number of ether oxygens (including phenoxy) is 2. The summed E-state index contributed by atoms with van der Waals surface area (Å²) in [5.41, 5.74) is 0.542. The molecule has 1 aromatic rings. The first-order valence-electron chi connectivity index (χ1n) is 8.96. The highest BCUT2D eigenvalue weighted by Crippen LogP contribution is 2.31. The summed E-state index contributed by atoms with van der Waals surface area (Å²) >= 11 is 0. The third-order valence-corrected chi connectivity index (χ3v) is 4.67. The van der Waals surface area contributed by atoms with Crippen LogP contribution in [0.1, 0.15) is 33.8 Å². The quantitative estimate of drug-likeness (QED) is 0.814. The summed E-state index contributed by atoms with van der Waals surface area (Å²) in [6.07, 6.45) is 1.31. The Morgan fingerprint density at radius 3 is 2.50 bits per heavy atom. The van der Waals surface area contributed by atoms with Gasteiger partial charge in [-0.25, -0.2) is 4.98 Å². The number of rotatable bonds is 5. The lowest BCUT2D eigenvalue weighted by Gasteiger charge is -2.37. The van der Waals surface area contributed by atoms with Crippen LogP contribution in [-0.2, 0) is 9.47 Å².